The van der Waals surface area contributed by atoms with Gasteiger partial charge in [0.2, 0.25) is 0 Å². The van der Waals surface area contributed by atoms with Gasteiger partial charge in [0.05, 0.1) is 0 Å². The molecule has 0 bridgehead atoms. The summed E-state index contributed by atoms with van der Waals surface area (Å²) in [5, 5.41) is 0. The van der Waals surface area contributed by atoms with E-state index in [1.54, 1.807) is 0 Å². The molecule has 0 saturated heterocycles. The Bertz CT molecular complexity index is 286. The molecule has 0 aliphatic rings. The second-order valence-electron chi connectivity index (χ2n) is 7.87. The molecule has 0 unspecified atom stereocenters. The Morgan fingerprint density at radius 2 is 1.00 bits per heavy atom. The predicted molar refractivity (Wildman–Crippen MR) is 87.4 cm³/mol. The van der Waals surface area contributed by atoms with Crippen LogP contribution in [0, 0.1) is 10.8 Å². The third kappa shape index (κ3) is 10.6. The minimum Gasteiger partial charge on any atom is -0.381 e. The molecule has 0 radical (unpaired) electrons. The highest BCUT2D eigenvalue weighted by Gasteiger charge is 2.20. The van der Waals surface area contributed by atoms with Crippen molar-refractivity contribution in [3.05, 3.63) is 0 Å². The maximum atomic E-state index is 11.7. The first-order chi connectivity index (χ1) is 9.55. The Morgan fingerprint density at radius 3 is 1.29 bits per heavy atom. The molecule has 0 amide bonds. The second-order valence-corrected chi connectivity index (χ2v) is 7.87. The molecule has 0 aliphatic carbocycles. The summed E-state index contributed by atoms with van der Waals surface area (Å²) in [6.45, 7) is 13.2. The van der Waals surface area contributed by atoms with Gasteiger partial charge in [0.1, 0.15) is 11.6 Å². The average Bonchev–Trinajstić information content (AvgIpc) is 2.33. The summed E-state index contributed by atoms with van der Waals surface area (Å²) < 4.78 is 5.55. The molecule has 0 rings (SSSR count). The Hall–Kier alpha value is -0.700. The van der Waals surface area contributed by atoms with Gasteiger partial charge in [0.15, 0.2) is 0 Å². The Kier molecular flexibility index (Phi) is 9.03. The molecule has 0 N–H and O–H groups in total. The van der Waals surface area contributed by atoms with Crippen molar-refractivity contribution < 1.29 is 14.3 Å². The van der Waals surface area contributed by atoms with Gasteiger partial charge < -0.3 is 4.74 Å². The van der Waals surface area contributed by atoms with Crippen molar-refractivity contribution in [2.24, 2.45) is 10.8 Å². The molecule has 0 heterocycles. The summed E-state index contributed by atoms with van der Waals surface area (Å²) >= 11 is 0. The monoisotopic (exact) mass is 298 g/mol. The van der Waals surface area contributed by atoms with Crippen LogP contribution in [-0.2, 0) is 14.3 Å². The maximum Gasteiger partial charge on any atom is 0.138 e. The van der Waals surface area contributed by atoms with Gasteiger partial charge in [-0.25, -0.2) is 0 Å². The number of ketones is 2. The van der Waals surface area contributed by atoms with Crippen molar-refractivity contribution >= 4 is 11.6 Å². The standard InChI is InChI=1S/C18H34O3/c1-17(2,3)15(19)11-7-9-13-21-14-10-8-12-16(20)18(4,5)6/h7-14H2,1-6H3. The fourth-order valence-electron chi connectivity index (χ4n) is 1.83. The quantitative estimate of drug-likeness (QED) is 0.555. The molecular formula is C18H34O3. The Labute approximate surface area is 130 Å². The lowest BCUT2D eigenvalue weighted by atomic mass is 9.88. The summed E-state index contributed by atoms with van der Waals surface area (Å²) in [7, 11) is 0. The molecule has 0 saturated carbocycles. The van der Waals surface area contributed by atoms with Gasteiger partial charge in [-0.15, -0.1) is 0 Å². The smallest absolute Gasteiger partial charge is 0.138 e. The largest absolute Gasteiger partial charge is 0.381 e. The first kappa shape index (κ1) is 20.3. The van der Waals surface area contributed by atoms with Crippen LogP contribution in [0.15, 0.2) is 0 Å². The van der Waals surface area contributed by atoms with E-state index in [1.807, 2.05) is 41.5 Å². The molecule has 0 aromatic rings. The van der Waals surface area contributed by atoms with Crippen molar-refractivity contribution in [1.82, 2.24) is 0 Å². The van der Waals surface area contributed by atoms with E-state index in [2.05, 4.69) is 0 Å². The van der Waals surface area contributed by atoms with E-state index in [-0.39, 0.29) is 10.8 Å². The molecule has 124 valence electrons. The lowest BCUT2D eigenvalue weighted by Crippen LogP contribution is -2.19. The molecule has 3 nitrogen and oxygen atoms in total. The number of carbonyl (C=O) groups is 2. The van der Waals surface area contributed by atoms with Gasteiger partial charge >= 0.3 is 0 Å². The zero-order valence-electron chi connectivity index (χ0n) is 14.9. The number of ether oxygens (including phenoxy) is 1. The topological polar surface area (TPSA) is 43.4 Å². The van der Waals surface area contributed by atoms with E-state index in [4.69, 9.17) is 4.74 Å². The molecule has 3 heteroatoms. The van der Waals surface area contributed by atoms with Crippen LogP contribution in [0.2, 0.25) is 0 Å². The summed E-state index contributed by atoms with van der Waals surface area (Å²) in [4.78, 5) is 23.4. The van der Waals surface area contributed by atoms with E-state index in [0.717, 1.165) is 25.7 Å². The first-order valence-corrected chi connectivity index (χ1v) is 8.19. The van der Waals surface area contributed by atoms with Crippen LogP contribution in [-0.4, -0.2) is 24.8 Å². The number of hydrogen-bond acceptors (Lipinski definition) is 3. The third-order valence-electron chi connectivity index (χ3n) is 3.56. The van der Waals surface area contributed by atoms with Crippen LogP contribution in [0.5, 0.6) is 0 Å². The number of rotatable bonds is 10. The molecule has 0 fully saturated rings. The SMILES string of the molecule is CC(C)(C)C(=O)CCCCOCCCCC(=O)C(C)(C)C. The minimum atomic E-state index is -0.222. The summed E-state index contributed by atoms with van der Waals surface area (Å²) in [5.41, 5.74) is -0.444. The van der Waals surface area contributed by atoms with Gasteiger partial charge in [-0.3, -0.25) is 9.59 Å². The average molecular weight is 298 g/mol. The summed E-state index contributed by atoms with van der Waals surface area (Å²) in [6, 6.07) is 0. The number of carbonyl (C=O) groups excluding carboxylic acids is 2. The van der Waals surface area contributed by atoms with E-state index in [0.29, 0.717) is 37.6 Å². The van der Waals surface area contributed by atoms with E-state index in [9.17, 15) is 9.59 Å². The van der Waals surface area contributed by atoms with Gasteiger partial charge in [-0.05, 0) is 25.7 Å². The number of hydrogen-bond donors (Lipinski definition) is 0. The molecule has 0 aliphatic heterocycles. The van der Waals surface area contributed by atoms with Gasteiger partial charge in [0, 0.05) is 36.9 Å². The highest BCUT2D eigenvalue weighted by Crippen LogP contribution is 2.19. The molecular weight excluding hydrogens is 264 g/mol. The van der Waals surface area contributed by atoms with Crippen molar-refractivity contribution in [2.45, 2.75) is 80.1 Å². The Morgan fingerprint density at radius 1 is 0.667 bits per heavy atom. The molecule has 0 atom stereocenters. The van der Waals surface area contributed by atoms with Gasteiger partial charge in [0.25, 0.3) is 0 Å². The Balaban J connectivity index is 3.42. The highest BCUT2D eigenvalue weighted by molar-refractivity contribution is 5.83. The lowest BCUT2D eigenvalue weighted by molar-refractivity contribution is -0.127. The fraction of sp³-hybridized carbons (Fsp3) is 0.889. The van der Waals surface area contributed by atoms with Crippen molar-refractivity contribution in [3.8, 4) is 0 Å². The summed E-state index contributed by atoms with van der Waals surface area (Å²) in [5.74, 6) is 0.645. The van der Waals surface area contributed by atoms with Crippen LogP contribution in [0.25, 0.3) is 0 Å². The fourth-order valence-corrected chi connectivity index (χ4v) is 1.83. The summed E-state index contributed by atoms with van der Waals surface area (Å²) in [6.07, 6.45) is 4.96. The van der Waals surface area contributed by atoms with E-state index >= 15 is 0 Å². The lowest BCUT2D eigenvalue weighted by Gasteiger charge is -2.16. The second kappa shape index (κ2) is 9.34. The minimum absolute atomic E-state index is 0.222. The molecule has 0 aromatic heterocycles. The van der Waals surface area contributed by atoms with Gasteiger partial charge in [-0.1, -0.05) is 41.5 Å². The zero-order chi connectivity index (χ0) is 16.5. The molecule has 0 spiro atoms. The van der Waals surface area contributed by atoms with Crippen molar-refractivity contribution in [2.75, 3.05) is 13.2 Å². The number of Topliss-reactive ketones (excluding diaryl/α,β-unsaturated/α-hetero) is 2. The van der Waals surface area contributed by atoms with Crippen LogP contribution in [0.3, 0.4) is 0 Å². The van der Waals surface area contributed by atoms with Crippen LogP contribution in [0.4, 0.5) is 0 Å². The van der Waals surface area contributed by atoms with Crippen molar-refractivity contribution in [3.63, 3.8) is 0 Å². The maximum absolute atomic E-state index is 11.7. The molecule has 0 aromatic carbocycles. The predicted octanol–water partition coefficient (Wildman–Crippen LogP) is 4.57. The number of unbranched alkanes of at least 4 members (excludes halogenated alkanes) is 2. The van der Waals surface area contributed by atoms with Crippen LogP contribution in [0.1, 0.15) is 80.1 Å². The van der Waals surface area contributed by atoms with Crippen LogP contribution >= 0.6 is 0 Å². The molecule has 21 heavy (non-hydrogen) atoms. The normalized spacial score (nSPS) is 12.5. The van der Waals surface area contributed by atoms with Crippen molar-refractivity contribution in [1.29, 1.82) is 0 Å². The first-order valence-electron chi connectivity index (χ1n) is 8.19. The van der Waals surface area contributed by atoms with E-state index < -0.39 is 0 Å². The zero-order valence-corrected chi connectivity index (χ0v) is 14.9. The highest BCUT2D eigenvalue weighted by atomic mass is 16.5. The van der Waals surface area contributed by atoms with Crippen LogP contribution < -0.4 is 0 Å². The van der Waals surface area contributed by atoms with Gasteiger partial charge in [-0.2, -0.15) is 0 Å². The van der Waals surface area contributed by atoms with E-state index in [1.165, 1.54) is 0 Å². The third-order valence-corrected chi connectivity index (χ3v) is 3.56.